The molecule has 8 rings (SSSR count). The SMILES string of the molecule is O=S(=O)([O-])CCCN1/C(=C/C=C/C=C/C2=[N+](CCCSOOO)c3ccc4ccccc4c3C23CCCCC3)C2(CCCCC2)c2c1ccc1ccccc21. The van der Waals surface area contributed by atoms with E-state index in [1.165, 1.54) is 75.5 Å². The van der Waals surface area contributed by atoms with Crippen molar-refractivity contribution in [2.24, 2.45) is 0 Å². The van der Waals surface area contributed by atoms with Crippen LogP contribution in [0.4, 0.5) is 11.4 Å². The van der Waals surface area contributed by atoms with Crippen LogP contribution in [-0.4, -0.2) is 53.1 Å². The second-order valence-electron chi connectivity index (χ2n) is 15.6. The highest BCUT2D eigenvalue weighted by atomic mass is 32.2. The molecule has 8 nitrogen and oxygen atoms in total. The summed E-state index contributed by atoms with van der Waals surface area (Å²) in [4.78, 5) is 2.31. The van der Waals surface area contributed by atoms with Gasteiger partial charge in [0.2, 0.25) is 5.69 Å². The van der Waals surface area contributed by atoms with Crippen LogP contribution in [0.1, 0.15) is 88.2 Å². The third kappa shape index (κ3) is 7.33. The summed E-state index contributed by atoms with van der Waals surface area (Å²) >= 11 is 1.10. The molecule has 10 heteroatoms. The van der Waals surface area contributed by atoms with Crippen molar-refractivity contribution in [2.75, 3.05) is 29.5 Å². The van der Waals surface area contributed by atoms with Gasteiger partial charge in [0.1, 0.15) is 6.54 Å². The summed E-state index contributed by atoms with van der Waals surface area (Å²) in [5, 5.41) is 17.6. The number of anilines is 1. The molecule has 0 unspecified atom stereocenters. The number of hydrogen-bond acceptors (Lipinski definition) is 8. The standard InChI is InChI=1S/C45H50N2O6S2/c48-52-53-54-32-14-30-46-38-24-22-34-16-6-8-18-36(34)42(38)44(26-10-2-11-27-44)40(46)20-4-1-5-21-41-45(28-12-3-13-29-45)43-37-19-9-7-17-35(37)23-25-39(43)47(41)31-15-33-55(49,50)51/h1,4-9,16-25H,2-3,10-15,26-33H2,(H-,48,49,50,51). The normalized spacial score (nSPS) is 20.0. The zero-order valence-electron chi connectivity index (χ0n) is 31.3. The zero-order valence-corrected chi connectivity index (χ0v) is 33.0. The average Bonchev–Trinajstić information content (AvgIpc) is 3.59. The lowest BCUT2D eigenvalue weighted by molar-refractivity contribution is -0.438. The van der Waals surface area contributed by atoms with E-state index in [1.54, 1.807) is 0 Å². The lowest BCUT2D eigenvalue weighted by Crippen LogP contribution is -2.36. The van der Waals surface area contributed by atoms with Gasteiger partial charge in [0.05, 0.1) is 15.5 Å². The highest BCUT2D eigenvalue weighted by Gasteiger charge is 2.52. The Labute approximate surface area is 329 Å². The van der Waals surface area contributed by atoms with Gasteiger partial charge in [-0.05, 0) is 77.4 Å². The highest BCUT2D eigenvalue weighted by Crippen LogP contribution is 2.57. The van der Waals surface area contributed by atoms with Crippen molar-refractivity contribution in [1.29, 1.82) is 0 Å². The topological polar surface area (TPSA) is 102 Å². The van der Waals surface area contributed by atoms with Gasteiger partial charge >= 0.3 is 0 Å². The van der Waals surface area contributed by atoms with E-state index >= 15 is 0 Å². The maximum absolute atomic E-state index is 11.7. The molecule has 4 aromatic rings. The van der Waals surface area contributed by atoms with Gasteiger partial charge in [-0.3, -0.25) is 0 Å². The van der Waals surface area contributed by atoms with E-state index < -0.39 is 10.1 Å². The number of fused-ring (bicyclic) bond motifs is 8. The molecule has 4 aromatic carbocycles. The molecule has 2 heterocycles. The Morgan fingerprint density at radius 1 is 0.782 bits per heavy atom. The van der Waals surface area contributed by atoms with Crippen LogP contribution in [0.2, 0.25) is 0 Å². The minimum atomic E-state index is -4.32. The Balaban J connectivity index is 1.18. The fourth-order valence-electron chi connectivity index (χ4n) is 10.4. The third-order valence-electron chi connectivity index (χ3n) is 12.5. The monoisotopic (exact) mass is 778 g/mol. The molecule has 0 atom stereocenters. The van der Waals surface area contributed by atoms with Gasteiger partial charge in [0, 0.05) is 71.0 Å². The molecule has 2 aliphatic carbocycles. The maximum Gasteiger partial charge on any atom is 0.210 e. The predicted molar refractivity (Wildman–Crippen MR) is 222 cm³/mol. The van der Waals surface area contributed by atoms with E-state index in [0.29, 0.717) is 12.3 Å². The summed E-state index contributed by atoms with van der Waals surface area (Å²) in [5.41, 5.74) is 7.50. The van der Waals surface area contributed by atoms with Crippen molar-refractivity contribution in [3.05, 3.63) is 120 Å². The minimum absolute atomic E-state index is 0.0753. The van der Waals surface area contributed by atoms with Gasteiger partial charge in [0.25, 0.3) is 0 Å². The molecule has 2 aliphatic heterocycles. The third-order valence-corrected chi connectivity index (χ3v) is 13.9. The quantitative estimate of drug-likeness (QED) is 0.0272. The molecule has 2 saturated carbocycles. The molecular formula is C45H50N2O6S2. The summed E-state index contributed by atoms with van der Waals surface area (Å²) in [7, 11) is -4.32. The number of rotatable bonds is 13. The van der Waals surface area contributed by atoms with E-state index in [2.05, 4.69) is 118 Å². The number of nitrogens with zero attached hydrogens (tertiary/aromatic N) is 2. The molecule has 0 bridgehead atoms. The van der Waals surface area contributed by atoms with Crippen LogP contribution in [0, 0.1) is 0 Å². The van der Waals surface area contributed by atoms with Gasteiger partial charge in [-0.25, -0.2) is 13.7 Å². The van der Waals surface area contributed by atoms with Crippen LogP contribution in [0.5, 0.6) is 0 Å². The van der Waals surface area contributed by atoms with E-state index in [9.17, 15) is 13.0 Å². The first-order valence-electron chi connectivity index (χ1n) is 19.9. The lowest BCUT2D eigenvalue weighted by Gasteiger charge is -2.37. The number of hydrogen-bond donors (Lipinski definition) is 1. The Kier molecular flexibility index (Phi) is 11.3. The lowest BCUT2D eigenvalue weighted by atomic mass is 9.66. The molecule has 2 spiro atoms. The van der Waals surface area contributed by atoms with E-state index in [-0.39, 0.29) is 23.0 Å². The molecule has 288 valence electrons. The Bertz CT molecular complexity index is 2280. The molecule has 0 aromatic heterocycles. The van der Waals surface area contributed by atoms with Gasteiger partial charge < -0.3 is 9.45 Å². The van der Waals surface area contributed by atoms with Crippen molar-refractivity contribution in [3.8, 4) is 0 Å². The first-order valence-corrected chi connectivity index (χ1v) is 22.4. The van der Waals surface area contributed by atoms with Crippen LogP contribution >= 0.6 is 12.0 Å². The minimum Gasteiger partial charge on any atom is -0.748 e. The first kappa shape index (κ1) is 38.1. The fraction of sp³-hybridized carbons (Fsp3) is 0.400. The molecule has 4 aliphatic rings. The number of benzene rings is 4. The summed E-state index contributed by atoms with van der Waals surface area (Å²) < 4.78 is 42.3. The largest absolute Gasteiger partial charge is 0.748 e. The molecule has 2 fully saturated rings. The molecule has 0 amide bonds. The van der Waals surface area contributed by atoms with Crippen molar-refractivity contribution in [3.63, 3.8) is 0 Å². The Morgan fingerprint density at radius 3 is 2.13 bits per heavy atom. The van der Waals surface area contributed by atoms with E-state index in [4.69, 9.17) is 9.59 Å². The van der Waals surface area contributed by atoms with Gasteiger partial charge in [-0.2, -0.15) is 4.58 Å². The summed E-state index contributed by atoms with van der Waals surface area (Å²) in [5.74, 6) is 0.300. The van der Waals surface area contributed by atoms with Crippen LogP contribution < -0.4 is 4.90 Å². The van der Waals surface area contributed by atoms with Crippen molar-refractivity contribution in [2.45, 2.75) is 87.9 Å². The van der Waals surface area contributed by atoms with Crippen LogP contribution in [0.15, 0.2) is 109 Å². The summed E-state index contributed by atoms with van der Waals surface area (Å²) in [6, 6.07) is 26.3. The maximum atomic E-state index is 11.7. The average molecular weight is 779 g/mol. The summed E-state index contributed by atoms with van der Waals surface area (Å²) in [6.07, 6.45) is 23.6. The highest BCUT2D eigenvalue weighted by molar-refractivity contribution is 7.94. The van der Waals surface area contributed by atoms with Crippen LogP contribution in [-0.2, 0) is 30.3 Å². The number of allylic oxidation sites excluding steroid dienone is 6. The van der Waals surface area contributed by atoms with Crippen LogP contribution in [0.3, 0.4) is 0 Å². The van der Waals surface area contributed by atoms with Crippen LogP contribution in [0.25, 0.3) is 21.5 Å². The fourth-order valence-corrected chi connectivity index (χ4v) is 11.2. The van der Waals surface area contributed by atoms with Crippen molar-refractivity contribution >= 4 is 60.8 Å². The predicted octanol–water partition coefficient (Wildman–Crippen LogP) is 10.4. The molecule has 0 radical (unpaired) electrons. The zero-order chi connectivity index (χ0) is 37.9. The second-order valence-corrected chi connectivity index (χ2v) is 17.9. The summed E-state index contributed by atoms with van der Waals surface area (Å²) in [6.45, 7) is 1.28. The van der Waals surface area contributed by atoms with Crippen molar-refractivity contribution < 1.29 is 32.2 Å². The molecule has 0 saturated heterocycles. The smallest absolute Gasteiger partial charge is 0.210 e. The van der Waals surface area contributed by atoms with Gasteiger partial charge in [-0.1, -0.05) is 116 Å². The van der Waals surface area contributed by atoms with Gasteiger partial charge in [-0.15, -0.1) is 4.33 Å². The molecule has 1 N–H and O–H groups in total. The van der Waals surface area contributed by atoms with Gasteiger partial charge in [0.15, 0.2) is 5.71 Å². The second kappa shape index (κ2) is 16.4. The van der Waals surface area contributed by atoms with Crippen molar-refractivity contribution in [1.82, 2.24) is 0 Å². The molecular weight excluding hydrogens is 729 g/mol. The van der Waals surface area contributed by atoms with E-state index in [1.807, 2.05) is 0 Å². The molecule has 55 heavy (non-hydrogen) atoms. The van der Waals surface area contributed by atoms with E-state index in [0.717, 1.165) is 69.2 Å². The Morgan fingerprint density at radius 2 is 1.44 bits per heavy atom. The first-order chi connectivity index (χ1) is 26.9. The Hall–Kier alpha value is -3.77.